The number of aromatic nitrogens is 1. The molecule has 1 saturated heterocycles. The normalized spacial score (nSPS) is 21.2. The SMILES string of the molecule is CN=NN=C(N)c1ccc(B2OC(C)(C)C(C)(C)O2)c[nH+]1. The summed E-state index contributed by atoms with van der Waals surface area (Å²) in [4.78, 5) is 3.06. The zero-order valence-corrected chi connectivity index (χ0v) is 13.0. The summed E-state index contributed by atoms with van der Waals surface area (Å²) in [6.07, 6.45) is 1.79. The summed E-state index contributed by atoms with van der Waals surface area (Å²) >= 11 is 0. The third-order valence-corrected chi connectivity index (χ3v) is 3.88. The van der Waals surface area contributed by atoms with Crippen LogP contribution in [0, 0.1) is 0 Å². The van der Waals surface area contributed by atoms with E-state index >= 15 is 0 Å². The Kier molecular flexibility index (Phi) is 4.11. The first kappa shape index (κ1) is 15.6. The Morgan fingerprint density at radius 1 is 1.19 bits per heavy atom. The molecule has 0 bridgehead atoms. The summed E-state index contributed by atoms with van der Waals surface area (Å²) in [6, 6.07) is 3.70. The number of hydrogen-bond donors (Lipinski definition) is 1. The first-order chi connectivity index (χ1) is 9.77. The van der Waals surface area contributed by atoms with Gasteiger partial charge in [-0.05, 0) is 39.0 Å². The highest BCUT2D eigenvalue weighted by atomic mass is 16.7. The molecule has 1 aromatic heterocycles. The van der Waals surface area contributed by atoms with E-state index in [4.69, 9.17) is 15.0 Å². The molecule has 21 heavy (non-hydrogen) atoms. The second-order valence-corrected chi connectivity index (χ2v) is 5.90. The van der Waals surface area contributed by atoms with Gasteiger partial charge in [0.05, 0.1) is 18.2 Å². The number of hydrogen-bond acceptors (Lipinski definition) is 4. The fraction of sp³-hybridized carbons (Fsp3) is 0.538. The molecule has 7 nitrogen and oxygen atoms in total. The van der Waals surface area contributed by atoms with Gasteiger partial charge < -0.3 is 15.0 Å². The van der Waals surface area contributed by atoms with Gasteiger partial charge in [-0.15, -0.1) is 5.10 Å². The number of amidine groups is 1. The van der Waals surface area contributed by atoms with Gasteiger partial charge in [0.25, 0.3) is 0 Å². The predicted octanol–water partition coefficient (Wildman–Crippen LogP) is 0.502. The smallest absolute Gasteiger partial charge is 0.399 e. The number of nitrogens with zero attached hydrogens (tertiary/aromatic N) is 3. The van der Waals surface area contributed by atoms with E-state index in [1.54, 1.807) is 6.20 Å². The molecule has 1 aromatic rings. The maximum atomic E-state index is 5.98. The van der Waals surface area contributed by atoms with Gasteiger partial charge in [0.15, 0.2) is 6.20 Å². The molecule has 3 N–H and O–H groups in total. The largest absolute Gasteiger partial charge is 0.500 e. The quantitative estimate of drug-likeness (QED) is 0.289. The maximum absolute atomic E-state index is 5.98. The summed E-state index contributed by atoms with van der Waals surface area (Å²) in [7, 11) is 1.12. The highest BCUT2D eigenvalue weighted by Crippen LogP contribution is 2.36. The van der Waals surface area contributed by atoms with Crippen molar-refractivity contribution in [2.24, 2.45) is 21.2 Å². The minimum Gasteiger partial charge on any atom is -0.399 e. The lowest BCUT2D eigenvalue weighted by molar-refractivity contribution is -0.379. The first-order valence-corrected chi connectivity index (χ1v) is 6.77. The Labute approximate surface area is 124 Å². The van der Waals surface area contributed by atoms with Crippen molar-refractivity contribution in [2.75, 3.05) is 7.05 Å². The van der Waals surface area contributed by atoms with Gasteiger partial charge in [-0.25, -0.2) is 4.98 Å². The van der Waals surface area contributed by atoms with Gasteiger partial charge in [-0.3, -0.25) is 0 Å². The molecule has 0 unspecified atom stereocenters. The molecule has 0 amide bonds. The summed E-state index contributed by atoms with van der Waals surface area (Å²) in [6.45, 7) is 8.08. The van der Waals surface area contributed by atoms with E-state index in [-0.39, 0.29) is 17.0 Å². The molecule has 112 valence electrons. The van der Waals surface area contributed by atoms with E-state index in [1.807, 2.05) is 39.8 Å². The van der Waals surface area contributed by atoms with E-state index in [2.05, 4.69) is 20.4 Å². The van der Waals surface area contributed by atoms with Crippen molar-refractivity contribution < 1.29 is 14.3 Å². The molecular weight excluding hydrogens is 269 g/mol. The lowest BCUT2D eigenvalue weighted by atomic mass is 9.80. The molecule has 1 aliphatic heterocycles. The second kappa shape index (κ2) is 5.53. The van der Waals surface area contributed by atoms with Crippen molar-refractivity contribution in [3.63, 3.8) is 0 Å². The topological polar surface area (TPSA) is 95.7 Å². The fourth-order valence-corrected chi connectivity index (χ4v) is 1.87. The molecule has 0 radical (unpaired) electrons. The third-order valence-electron chi connectivity index (χ3n) is 3.88. The molecule has 0 aromatic carbocycles. The molecule has 0 atom stereocenters. The van der Waals surface area contributed by atoms with Crippen molar-refractivity contribution in [1.82, 2.24) is 0 Å². The number of H-pyrrole nitrogens is 1. The Balaban J connectivity index is 2.18. The van der Waals surface area contributed by atoms with Gasteiger partial charge in [0.2, 0.25) is 11.5 Å². The Hall–Kier alpha value is -1.80. The van der Waals surface area contributed by atoms with Gasteiger partial charge in [0.1, 0.15) is 0 Å². The summed E-state index contributed by atoms with van der Waals surface area (Å²) in [5, 5.41) is 10.8. The molecule has 0 saturated carbocycles. The zero-order chi connectivity index (χ0) is 15.7. The van der Waals surface area contributed by atoms with E-state index in [1.165, 1.54) is 7.05 Å². The number of nitrogens with one attached hydrogen (secondary N) is 1. The van der Waals surface area contributed by atoms with Crippen LogP contribution in [0.15, 0.2) is 33.8 Å². The molecule has 2 heterocycles. The maximum Gasteiger partial charge on any atom is 0.500 e. The van der Waals surface area contributed by atoms with Crippen LogP contribution in [0.1, 0.15) is 33.4 Å². The van der Waals surface area contributed by atoms with Gasteiger partial charge in [-0.1, -0.05) is 0 Å². The van der Waals surface area contributed by atoms with Crippen LogP contribution in [0.5, 0.6) is 0 Å². The molecule has 0 spiro atoms. The van der Waals surface area contributed by atoms with E-state index in [9.17, 15) is 0 Å². The number of nitrogens with two attached hydrogens (primary N) is 1. The van der Waals surface area contributed by atoms with Gasteiger partial charge >= 0.3 is 7.12 Å². The van der Waals surface area contributed by atoms with Crippen LogP contribution in [0.4, 0.5) is 0 Å². The summed E-state index contributed by atoms with van der Waals surface area (Å²) in [5.74, 6) is 0.265. The van der Waals surface area contributed by atoms with Crippen LogP contribution < -0.4 is 16.2 Å². The van der Waals surface area contributed by atoms with Crippen LogP contribution in [0.3, 0.4) is 0 Å². The minimum atomic E-state index is -0.409. The fourth-order valence-electron chi connectivity index (χ4n) is 1.87. The van der Waals surface area contributed by atoms with Crippen LogP contribution in [0.2, 0.25) is 0 Å². The highest BCUT2D eigenvalue weighted by molar-refractivity contribution is 6.61. The monoisotopic (exact) mass is 290 g/mol. The molecule has 1 aliphatic rings. The number of pyridine rings is 1. The molecule has 2 rings (SSSR count). The zero-order valence-electron chi connectivity index (χ0n) is 13.0. The van der Waals surface area contributed by atoms with Crippen molar-refractivity contribution in [1.29, 1.82) is 0 Å². The Morgan fingerprint density at radius 3 is 2.29 bits per heavy atom. The van der Waals surface area contributed by atoms with Crippen LogP contribution in [-0.2, 0) is 9.31 Å². The summed E-state index contributed by atoms with van der Waals surface area (Å²) in [5.41, 5.74) is 6.59. The van der Waals surface area contributed by atoms with Crippen molar-refractivity contribution in [2.45, 2.75) is 38.9 Å². The molecular formula is C13H21BN5O2+. The van der Waals surface area contributed by atoms with Gasteiger partial charge in [-0.2, -0.15) is 5.11 Å². The van der Waals surface area contributed by atoms with Crippen LogP contribution in [-0.4, -0.2) is 31.2 Å². The second-order valence-electron chi connectivity index (χ2n) is 5.90. The third kappa shape index (κ3) is 3.11. The highest BCUT2D eigenvalue weighted by Gasteiger charge is 2.52. The molecule has 1 fully saturated rings. The van der Waals surface area contributed by atoms with E-state index in [0.29, 0.717) is 5.69 Å². The number of aromatic amines is 1. The Bertz CT molecular complexity index is 552. The average molecular weight is 290 g/mol. The van der Waals surface area contributed by atoms with Crippen molar-refractivity contribution in [3.05, 3.63) is 24.0 Å². The minimum absolute atomic E-state index is 0.265. The lowest BCUT2D eigenvalue weighted by Gasteiger charge is -2.32. The van der Waals surface area contributed by atoms with Crippen molar-refractivity contribution in [3.8, 4) is 0 Å². The van der Waals surface area contributed by atoms with Crippen LogP contribution >= 0.6 is 0 Å². The first-order valence-electron chi connectivity index (χ1n) is 6.77. The standard InChI is InChI=1S/C13H20BN5O2/c1-12(2)13(3,4)21-14(20-12)9-6-7-10(17-8-9)11(15)18-19-16-5/h6-8H,1-5H3,(H2,15,16,18)/p+1. The predicted molar refractivity (Wildman–Crippen MR) is 80.2 cm³/mol. The lowest BCUT2D eigenvalue weighted by Crippen LogP contribution is -2.41. The molecule has 8 heteroatoms. The molecule has 0 aliphatic carbocycles. The van der Waals surface area contributed by atoms with Crippen LogP contribution in [0.25, 0.3) is 0 Å². The summed E-state index contributed by atoms with van der Waals surface area (Å²) < 4.78 is 12.0. The van der Waals surface area contributed by atoms with E-state index < -0.39 is 7.12 Å². The number of rotatable bonds is 3. The average Bonchev–Trinajstić information content (AvgIpc) is 2.65. The van der Waals surface area contributed by atoms with Crippen molar-refractivity contribution >= 4 is 18.4 Å². The van der Waals surface area contributed by atoms with Gasteiger partial charge in [0, 0.05) is 11.5 Å². The Morgan fingerprint density at radius 2 is 1.81 bits per heavy atom. The van der Waals surface area contributed by atoms with E-state index in [0.717, 1.165) is 5.46 Å².